The van der Waals surface area contributed by atoms with Gasteiger partial charge in [-0.25, -0.2) is 4.98 Å². The molecule has 0 bridgehead atoms. The summed E-state index contributed by atoms with van der Waals surface area (Å²) in [6, 6.07) is 36.9. The van der Waals surface area contributed by atoms with Crippen molar-refractivity contribution in [2.24, 2.45) is 4.99 Å². The van der Waals surface area contributed by atoms with Crippen molar-refractivity contribution >= 4 is 22.4 Å². The zero-order valence-corrected chi connectivity index (χ0v) is 27.0. The normalized spacial score (nSPS) is 15.8. The van der Waals surface area contributed by atoms with E-state index in [1.165, 1.54) is 27.8 Å². The minimum Gasteiger partial charge on any atom is -0.284 e. The maximum atomic E-state index is 5.18. The summed E-state index contributed by atoms with van der Waals surface area (Å²) in [5.41, 5.74) is 15.8. The Bertz CT molecular complexity index is 2160. The Kier molecular flexibility index (Phi) is 8.41. The van der Waals surface area contributed by atoms with Gasteiger partial charge >= 0.3 is 0 Å². The highest BCUT2D eigenvalue weighted by Crippen LogP contribution is 2.35. The Labute approximate surface area is 283 Å². The van der Waals surface area contributed by atoms with Gasteiger partial charge in [-0.3, -0.25) is 9.98 Å². The average Bonchev–Trinajstić information content (AvgIpc) is 3.19. The first kappa shape index (κ1) is 29.7. The number of allylic oxidation sites excluding steroid dienone is 9. The van der Waals surface area contributed by atoms with E-state index in [2.05, 4.69) is 146 Å². The number of benzene rings is 3. The van der Waals surface area contributed by atoms with Crippen molar-refractivity contribution in [2.75, 3.05) is 6.54 Å². The Hall–Kier alpha value is -5.67. The van der Waals surface area contributed by atoms with Gasteiger partial charge in [-0.05, 0) is 120 Å². The molecule has 2 aromatic heterocycles. The van der Waals surface area contributed by atoms with Crippen LogP contribution in [-0.2, 0) is 0 Å². The fraction of sp³-hybridized carbons (Fsp3) is 0.133. The second-order valence-corrected chi connectivity index (χ2v) is 12.6. The first-order valence-corrected chi connectivity index (χ1v) is 17.0. The molecule has 0 radical (unpaired) electrons. The number of hydrogen-bond acceptors (Lipinski definition) is 3. The molecule has 0 N–H and O–H groups in total. The lowest BCUT2D eigenvalue weighted by Crippen LogP contribution is -2.07. The largest absolute Gasteiger partial charge is 0.284 e. The van der Waals surface area contributed by atoms with Gasteiger partial charge in [-0.15, -0.1) is 0 Å². The fourth-order valence-electron chi connectivity index (χ4n) is 6.76. The summed E-state index contributed by atoms with van der Waals surface area (Å²) in [6.45, 7) is 0.767. The summed E-state index contributed by atoms with van der Waals surface area (Å²) in [5.74, 6) is 0. The molecule has 0 atom stereocenters. The highest BCUT2D eigenvalue weighted by atomic mass is 14.7. The van der Waals surface area contributed by atoms with E-state index in [1.54, 1.807) is 0 Å². The molecule has 0 unspecified atom stereocenters. The Morgan fingerprint density at radius 2 is 1.27 bits per heavy atom. The minimum absolute atomic E-state index is 0.767. The zero-order chi connectivity index (χ0) is 32.1. The number of aromatic nitrogens is 2. The van der Waals surface area contributed by atoms with Gasteiger partial charge in [0.2, 0.25) is 0 Å². The summed E-state index contributed by atoms with van der Waals surface area (Å²) in [6.07, 6.45) is 22.8. The third-order valence-electron chi connectivity index (χ3n) is 9.31. The van der Waals surface area contributed by atoms with E-state index in [9.17, 15) is 0 Å². The summed E-state index contributed by atoms with van der Waals surface area (Å²) >= 11 is 0. The molecule has 3 aromatic carbocycles. The molecule has 3 aliphatic rings. The van der Waals surface area contributed by atoms with Crippen LogP contribution in [0, 0.1) is 0 Å². The van der Waals surface area contributed by atoms with E-state index in [0.717, 1.165) is 89.3 Å². The van der Waals surface area contributed by atoms with Gasteiger partial charge in [0.15, 0.2) is 0 Å². The molecule has 8 rings (SSSR count). The second-order valence-electron chi connectivity index (χ2n) is 12.6. The van der Waals surface area contributed by atoms with Gasteiger partial charge in [0, 0.05) is 29.4 Å². The lowest BCUT2D eigenvalue weighted by molar-refractivity contribution is 1.01. The van der Waals surface area contributed by atoms with Crippen LogP contribution in [0.25, 0.3) is 50.4 Å². The summed E-state index contributed by atoms with van der Waals surface area (Å²) in [7, 11) is 0. The third-order valence-corrected chi connectivity index (χ3v) is 9.31. The first-order chi connectivity index (χ1) is 23.8. The molecular formula is C45H37N3. The third kappa shape index (κ3) is 6.45. The van der Waals surface area contributed by atoms with Crippen molar-refractivity contribution in [2.45, 2.75) is 32.1 Å². The molecule has 0 spiro atoms. The molecule has 1 aliphatic heterocycles. The predicted octanol–water partition coefficient (Wildman–Crippen LogP) is 11.2. The molecule has 0 amide bonds. The SMILES string of the molecule is C1=CCCC(c2ccnc(-c3cc(C4=NCCC(c5ccccc5)=C4)cc(-c4cc(C5=CCCC=C5)nc(-c5ccccc5)c4)c3)c2)=C1. The second kappa shape index (κ2) is 13.6. The van der Waals surface area contributed by atoms with Crippen LogP contribution in [0.5, 0.6) is 0 Å². The van der Waals surface area contributed by atoms with E-state index >= 15 is 0 Å². The van der Waals surface area contributed by atoms with Crippen molar-refractivity contribution in [1.29, 1.82) is 0 Å². The van der Waals surface area contributed by atoms with Crippen molar-refractivity contribution in [3.63, 3.8) is 0 Å². The lowest BCUT2D eigenvalue weighted by Gasteiger charge is -2.17. The van der Waals surface area contributed by atoms with Crippen LogP contribution in [-0.4, -0.2) is 22.2 Å². The van der Waals surface area contributed by atoms with Crippen LogP contribution >= 0.6 is 0 Å². The topological polar surface area (TPSA) is 38.1 Å². The van der Waals surface area contributed by atoms with Gasteiger partial charge < -0.3 is 0 Å². The maximum absolute atomic E-state index is 5.18. The molecule has 3 heteroatoms. The van der Waals surface area contributed by atoms with Crippen molar-refractivity contribution in [3.05, 3.63) is 174 Å². The molecule has 48 heavy (non-hydrogen) atoms. The monoisotopic (exact) mass is 619 g/mol. The summed E-state index contributed by atoms with van der Waals surface area (Å²) in [4.78, 5) is 15.2. The zero-order valence-electron chi connectivity index (χ0n) is 27.0. The summed E-state index contributed by atoms with van der Waals surface area (Å²) < 4.78 is 0. The number of nitrogens with zero attached hydrogens (tertiary/aromatic N) is 3. The van der Waals surface area contributed by atoms with E-state index in [0.29, 0.717) is 0 Å². The van der Waals surface area contributed by atoms with Crippen LogP contribution in [0.3, 0.4) is 0 Å². The molecule has 0 saturated heterocycles. The molecule has 0 fully saturated rings. The molecular weight excluding hydrogens is 583 g/mol. The number of pyridine rings is 2. The van der Waals surface area contributed by atoms with Gasteiger partial charge in [0.1, 0.15) is 0 Å². The van der Waals surface area contributed by atoms with Crippen LogP contribution in [0.4, 0.5) is 0 Å². The molecule has 2 aliphatic carbocycles. The summed E-state index contributed by atoms with van der Waals surface area (Å²) in [5, 5.41) is 0. The van der Waals surface area contributed by atoms with Crippen LogP contribution in [0.2, 0.25) is 0 Å². The van der Waals surface area contributed by atoms with E-state index in [4.69, 9.17) is 15.0 Å². The van der Waals surface area contributed by atoms with Crippen LogP contribution in [0.15, 0.2) is 157 Å². The maximum Gasteiger partial charge on any atom is 0.0715 e. The van der Waals surface area contributed by atoms with E-state index in [-0.39, 0.29) is 0 Å². The first-order valence-electron chi connectivity index (χ1n) is 17.0. The van der Waals surface area contributed by atoms with Crippen molar-refractivity contribution < 1.29 is 0 Å². The molecule has 3 heterocycles. The Morgan fingerprint density at radius 1 is 0.521 bits per heavy atom. The Morgan fingerprint density at radius 3 is 2.06 bits per heavy atom. The number of aliphatic imine (C=N–C) groups is 1. The molecule has 0 saturated carbocycles. The minimum atomic E-state index is 0.767. The highest BCUT2D eigenvalue weighted by molar-refractivity contribution is 6.14. The number of dihydropyridines is 1. The van der Waals surface area contributed by atoms with Crippen LogP contribution < -0.4 is 0 Å². The van der Waals surface area contributed by atoms with Crippen LogP contribution in [0.1, 0.15) is 54.5 Å². The average molecular weight is 620 g/mol. The van der Waals surface area contributed by atoms with E-state index in [1.807, 2.05) is 6.20 Å². The Balaban J connectivity index is 1.30. The van der Waals surface area contributed by atoms with Crippen molar-refractivity contribution in [1.82, 2.24) is 9.97 Å². The van der Waals surface area contributed by atoms with Gasteiger partial charge in [-0.2, -0.15) is 0 Å². The molecule has 232 valence electrons. The molecule has 3 nitrogen and oxygen atoms in total. The van der Waals surface area contributed by atoms with Gasteiger partial charge in [0.05, 0.1) is 22.8 Å². The number of rotatable bonds is 7. The smallest absolute Gasteiger partial charge is 0.0715 e. The van der Waals surface area contributed by atoms with Crippen molar-refractivity contribution in [3.8, 4) is 33.6 Å². The predicted molar refractivity (Wildman–Crippen MR) is 201 cm³/mol. The van der Waals surface area contributed by atoms with Gasteiger partial charge in [-0.1, -0.05) is 97.1 Å². The highest BCUT2D eigenvalue weighted by Gasteiger charge is 2.17. The lowest BCUT2D eigenvalue weighted by atomic mass is 9.91. The molecule has 5 aromatic rings. The standard InChI is InChI=1S/C45H37N3/c1-5-13-32(14-6-1)36-21-23-46-42(28-36)40-25-38(26-41(27-40)43-29-37(22-24-47-43)33-15-7-2-8-16-33)39-30-44(34-17-9-3-10-18-34)48-45(31-39)35-19-11-4-12-20-35/h1-3,5-7,9-11,13-15,17-20,22,24-31H,4,8,12,16,21,23H2. The number of hydrogen-bond donors (Lipinski definition) is 0. The van der Waals surface area contributed by atoms with E-state index < -0.39 is 0 Å². The fourth-order valence-corrected chi connectivity index (χ4v) is 6.76. The quantitative estimate of drug-likeness (QED) is 0.182. The van der Waals surface area contributed by atoms with Gasteiger partial charge in [0.25, 0.3) is 0 Å².